The highest BCUT2D eigenvalue weighted by Crippen LogP contribution is 2.19. The summed E-state index contributed by atoms with van der Waals surface area (Å²) >= 11 is 0. The Morgan fingerprint density at radius 1 is 1.10 bits per heavy atom. The lowest BCUT2D eigenvalue weighted by molar-refractivity contribution is 0.0933. The van der Waals surface area contributed by atoms with Crippen molar-refractivity contribution in [3.8, 4) is 0 Å². The second-order valence-electron chi connectivity index (χ2n) is 6.07. The van der Waals surface area contributed by atoms with Crippen molar-refractivity contribution in [3.63, 3.8) is 0 Å². The minimum absolute atomic E-state index is 0.109. The number of amides is 1. The van der Waals surface area contributed by atoms with Crippen LogP contribution in [-0.2, 0) is 13.0 Å². The van der Waals surface area contributed by atoms with E-state index in [2.05, 4.69) is 22.8 Å². The molecule has 1 saturated carbocycles. The first-order valence-corrected chi connectivity index (χ1v) is 7.96. The highest BCUT2D eigenvalue weighted by atomic mass is 16.1. The fourth-order valence-corrected chi connectivity index (χ4v) is 3.31. The van der Waals surface area contributed by atoms with Gasteiger partial charge >= 0.3 is 0 Å². The van der Waals surface area contributed by atoms with Gasteiger partial charge in [0.1, 0.15) is 0 Å². The molecule has 1 heterocycles. The third kappa shape index (κ3) is 3.21. The minimum Gasteiger partial charge on any atom is -0.349 e. The Kier molecular flexibility index (Phi) is 4.36. The zero-order valence-electron chi connectivity index (χ0n) is 12.1. The van der Waals surface area contributed by atoms with Gasteiger partial charge in [0, 0.05) is 18.2 Å². The average molecular weight is 272 g/mol. The van der Waals surface area contributed by atoms with E-state index in [0.29, 0.717) is 6.04 Å². The molecule has 0 spiro atoms. The lowest BCUT2D eigenvalue weighted by atomic mass is 9.98. The van der Waals surface area contributed by atoms with E-state index in [1.807, 2.05) is 6.07 Å². The van der Waals surface area contributed by atoms with Crippen molar-refractivity contribution >= 4 is 5.91 Å². The second kappa shape index (κ2) is 6.40. The van der Waals surface area contributed by atoms with Crippen LogP contribution in [0.3, 0.4) is 0 Å². The van der Waals surface area contributed by atoms with E-state index < -0.39 is 0 Å². The van der Waals surface area contributed by atoms with Crippen LogP contribution in [-0.4, -0.2) is 18.5 Å². The average Bonchev–Trinajstić information content (AvgIpc) is 2.75. The molecule has 1 amide bonds. The predicted octanol–water partition coefficient (Wildman–Crippen LogP) is 2.78. The van der Waals surface area contributed by atoms with E-state index in [9.17, 15) is 4.79 Å². The van der Waals surface area contributed by atoms with E-state index >= 15 is 0 Å². The van der Waals surface area contributed by atoms with Gasteiger partial charge in [0.25, 0.3) is 5.91 Å². The number of hydrogen-bond acceptors (Lipinski definition) is 2. The van der Waals surface area contributed by atoms with Crippen LogP contribution in [0, 0.1) is 0 Å². The molecule has 1 aromatic carbocycles. The summed E-state index contributed by atoms with van der Waals surface area (Å²) in [7, 11) is 0. The molecule has 1 aliphatic heterocycles. The van der Waals surface area contributed by atoms with Crippen molar-refractivity contribution in [3.05, 3.63) is 34.9 Å². The van der Waals surface area contributed by atoms with Gasteiger partial charge in [-0.2, -0.15) is 0 Å². The summed E-state index contributed by atoms with van der Waals surface area (Å²) in [5.41, 5.74) is 3.49. The fourth-order valence-electron chi connectivity index (χ4n) is 3.31. The molecule has 1 aromatic rings. The molecule has 3 rings (SSSR count). The molecule has 0 aromatic heterocycles. The molecule has 2 aliphatic rings. The van der Waals surface area contributed by atoms with Gasteiger partial charge in [0.05, 0.1) is 0 Å². The molecule has 0 unspecified atom stereocenters. The number of carbonyl (C=O) groups is 1. The zero-order chi connectivity index (χ0) is 13.8. The van der Waals surface area contributed by atoms with Gasteiger partial charge in [0.2, 0.25) is 0 Å². The molecule has 0 bridgehead atoms. The number of nitrogens with one attached hydrogen (secondary N) is 2. The summed E-state index contributed by atoms with van der Waals surface area (Å²) in [4.78, 5) is 12.4. The Labute approximate surface area is 121 Å². The van der Waals surface area contributed by atoms with Gasteiger partial charge in [0.15, 0.2) is 0 Å². The smallest absolute Gasteiger partial charge is 0.251 e. The van der Waals surface area contributed by atoms with E-state index in [-0.39, 0.29) is 5.91 Å². The number of carbonyl (C=O) groups excluding carboxylic acids is 1. The molecule has 1 fully saturated rings. The topological polar surface area (TPSA) is 41.1 Å². The largest absolute Gasteiger partial charge is 0.349 e. The van der Waals surface area contributed by atoms with Crippen LogP contribution in [0.1, 0.15) is 60.0 Å². The number of rotatable bonds is 2. The first-order chi connectivity index (χ1) is 9.83. The van der Waals surface area contributed by atoms with Crippen molar-refractivity contribution < 1.29 is 4.79 Å². The van der Waals surface area contributed by atoms with Crippen LogP contribution < -0.4 is 10.6 Å². The molecule has 0 saturated heterocycles. The van der Waals surface area contributed by atoms with E-state index in [0.717, 1.165) is 37.9 Å². The molecule has 2 N–H and O–H groups in total. The first kappa shape index (κ1) is 13.6. The minimum atomic E-state index is 0.109. The fraction of sp³-hybridized carbons (Fsp3) is 0.588. The van der Waals surface area contributed by atoms with Gasteiger partial charge < -0.3 is 10.6 Å². The highest BCUT2D eigenvalue weighted by molar-refractivity contribution is 5.94. The van der Waals surface area contributed by atoms with Crippen LogP contribution in [0.25, 0.3) is 0 Å². The summed E-state index contributed by atoms with van der Waals surface area (Å²) in [6.07, 6.45) is 8.44. The summed E-state index contributed by atoms with van der Waals surface area (Å²) in [5, 5.41) is 6.59. The third-order valence-corrected chi connectivity index (χ3v) is 4.55. The molecule has 20 heavy (non-hydrogen) atoms. The summed E-state index contributed by atoms with van der Waals surface area (Å²) < 4.78 is 0. The molecule has 1 aliphatic carbocycles. The van der Waals surface area contributed by atoms with Gasteiger partial charge in [-0.15, -0.1) is 0 Å². The Morgan fingerprint density at radius 2 is 1.90 bits per heavy atom. The second-order valence-corrected chi connectivity index (χ2v) is 6.07. The Bertz CT molecular complexity index is 476. The predicted molar refractivity (Wildman–Crippen MR) is 80.8 cm³/mol. The maximum absolute atomic E-state index is 12.4. The summed E-state index contributed by atoms with van der Waals surface area (Å²) in [6.45, 7) is 1.94. The van der Waals surface area contributed by atoms with Crippen molar-refractivity contribution in [2.45, 2.75) is 57.5 Å². The van der Waals surface area contributed by atoms with E-state index in [1.165, 1.54) is 36.8 Å². The van der Waals surface area contributed by atoms with Gasteiger partial charge in [-0.3, -0.25) is 4.79 Å². The van der Waals surface area contributed by atoms with Crippen molar-refractivity contribution in [1.82, 2.24) is 10.6 Å². The van der Waals surface area contributed by atoms with E-state index in [1.54, 1.807) is 0 Å². The highest BCUT2D eigenvalue weighted by Gasteiger charge is 2.17. The molecule has 3 nitrogen and oxygen atoms in total. The van der Waals surface area contributed by atoms with Crippen molar-refractivity contribution in [1.29, 1.82) is 0 Å². The first-order valence-electron chi connectivity index (χ1n) is 7.96. The number of benzene rings is 1. The summed E-state index contributed by atoms with van der Waals surface area (Å²) in [6, 6.07) is 6.53. The van der Waals surface area contributed by atoms with Gasteiger partial charge in [-0.05, 0) is 49.1 Å². The number of fused-ring (bicyclic) bond motifs is 1. The lowest BCUT2D eigenvalue weighted by Gasteiger charge is -2.19. The van der Waals surface area contributed by atoms with Crippen LogP contribution in [0.2, 0.25) is 0 Å². The lowest BCUT2D eigenvalue weighted by Crippen LogP contribution is -2.34. The Balaban J connectivity index is 1.67. The molecule has 0 atom stereocenters. The molecule has 3 heteroatoms. The van der Waals surface area contributed by atoms with Crippen molar-refractivity contribution in [2.75, 3.05) is 6.54 Å². The van der Waals surface area contributed by atoms with E-state index in [4.69, 9.17) is 0 Å². The maximum Gasteiger partial charge on any atom is 0.251 e. The van der Waals surface area contributed by atoms with Crippen LogP contribution in [0.4, 0.5) is 0 Å². The van der Waals surface area contributed by atoms with Crippen LogP contribution >= 0.6 is 0 Å². The Morgan fingerprint density at radius 3 is 2.70 bits per heavy atom. The molecular formula is C17H24N2O. The van der Waals surface area contributed by atoms with Crippen LogP contribution in [0.5, 0.6) is 0 Å². The SMILES string of the molecule is O=C(NC1CCCCCC1)c1ccc2c(c1)CCNC2. The third-order valence-electron chi connectivity index (χ3n) is 4.55. The maximum atomic E-state index is 12.4. The Hall–Kier alpha value is -1.35. The molecule has 0 radical (unpaired) electrons. The quantitative estimate of drug-likeness (QED) is 0.813. The summed E-state index contributed by atoms with van der Waals surface area (Å²) in [5.74, 6) is 0.109. The monoisotopic (exact) mass is 272 g/mol. The normalized spacial score (nSPS) is 20.0. The number of hydrogen-bond donors (Lipinski definition) is 2. The standard InChI is InChI=1S/C17H24N2O/c20-17(19-16-5-3-1-2-4-6-16)14-7-8-15-12-18-10-9-13(15)11-14/h7-8,11,16,18H,1-6,9-10,12H2,(H,19,20). The van der Waals surface area contributed by atoms with Gasteiger partial charge in [-0.1, -0.05) is 31.7 Å². The van der Waals surface area contributed by atoms with Gasteiger partial charge in [-0.25, -0.2) is 0 Å². The molecular weight excluding hydrogens is 248 g/mol. The molecule has 108 valence electrons. The van der Waals surface area contributed by atoms with Crippen LogP contribution in [0.15, 0.2) is 18.2 Å². The zero-order valence-corrected chi connectivity index (χ0v) is 12.1. The van der Waals surface area contributed by atoms with Crippen molar-refractivity contribution in [2.24, 2.45) is 0 Å².